The van der Waals surface area contributed by atoms with Crippen molar-refractivity contribution < 1.29 is 23.9 Å². The van der Waals surface area contributed by atoms with Gasteiger partial charge in [-0.1, -0.05) is 54.4 Å². The molecule has 7 nitrogen and oxygen atoms in total. The Bertz CT molecular complexity index is 1460. The summed E-state index contributed by atoms with van der Waals surface area (Å²) in [5, 5.41) is 3.16. The minimum atomic E-state index is -0.784. The van der Waals surface area contributed by atoms with Gasteiger partial charge in [0.15, 0.2) is 11.5 Å². The first-order valence-electron chi connectivity index (χ1n) is 11.8. The van der Waals surface area contributed by atoms with Crippen molar-refractivity contribution in [2.75, 3.05) is 11.5 Å². The molecule has 1 saturated heterocycles. The Morgan fingerprint density at radius 1 is 0.974 bits per heavy atom. The molecule has 1 heterocycles. The lowest BCUT2D eigenvalue weighted by Gasteiger charge is -2.28. The minimum absolute atomic E-state index is 0.168. The van der Waals surface area contributed by atoms with Gasteiger partial charge in [0.25, 0.3) is 11.8 Å². The third-order valence-electron chi connectivity index (χ3n) is 5.72. The third kappa shape index (κ3) is 5.98. The smallest absolute Gasteiger partial charge is 0.335 e. The van der Waals surface area contributed by atoms with Crippen LogP contribution in [0.4, 0.5) is 10.5 Å². The van der Waals surface area contributed by atoms with E-state index >= 15 is 0 Å². The quantitative estimate of drug-likeness (QED) is 0.163. The summed E-state index contributed by atoms with van der Waals surface area (Å²) in [5.74, 6) is -0.515. The van der Waals surface area contributed by atoms with Crippen LogP contribution in [0.25, 0.3) is 6.08 Å². The fraction of sp³-hybridized carbons (Fsp3) is 0.179. The topological polar surface area (TPSA) is 84.9 Å². The molecule has 0 unspecified atom stereocenters. The summed E-state index contributed by atoms with van der Waals surface area (Å²) in [6.07, 6.45) is 2.05. The number of nitrogens with one attached hydrogen (secondary N) is 1. The molecule has 0 spiro atoms. The zero-order valence-electron chi connectivity index (χ0n) is 20.5. The predicted molar refractivity (Wildman–Crippen MR) is 156 cm³/mol. The van der Waals surface area contributed by atoms with Crippen molar-refractivity contribution in [2.24, 2.45) is 0 Å². The first-order chi connectivity index (χ1) is 18.2. The van der Waals surface area contributed by atoms with Crippen molar-refractivity contribution in [2.45, 2.75) is 26.9 Å². The van der Waals surface area contributed by atoms with E-state index in [0.717, 1.165) is 16.0 Å². The molecule has 1 N–H and O–H groups in total. The Morgan fingerprint density at radius 2 is 1.74 bits per heavy atom. The Morgan fingerprint density at radius 3 is 2.45 bits per heavy atom. The second kappa shape index (κ2) is 12.2. The van der Waals surface area contributed by atoms with Crippen molar-refractivity contribution in [3.05, 3.63) is 90.5 Å². The van der Waals surface area contributed by atoms with Crippen LogP contribution in [0.15, 0.2) is 60.2 Å². The molecule has 10 heteroatoms. The number of ether oxygens (including phenoxy) is 2. The fourth-order valence-electron chi connectivity index (χ4n) is 3.93. The molecule has 0 atom stereocenters. The maximum Gasteiger partial charge on any atom is 0.335 e. The summed E-state index contributed by atoms with van der Waals surface area (Å²) < 4.78 is 12.6. The van der Waals surface area contributed by atoms with Gasteiger partial charge in [-0.25, -0.2) is 9.69 Å². The number of hydrogen-bond donors (Lipinski definition) is 1. The predicted octanol–water partition coefficient (Wildman–Crippen LogP) is 6.80. The molecule has 0 aliphatic carbocycles. The molecule has 1 aliphatic heterocycles. The number of benzene rings is 3. The number of aryl methyl sites for hydroxylation is 1. The Kier molecular flexibility index (Phi) is 8.96. The van der Waals surface area contributed by atoms with Gasteiger partial charge in [0, 0.05) is 0 Å². The van der Waals surface area contributed by atoms with Crippen LogP contribution in [0.1, 0.15) is 30.5 Å². The number of nitrogens with zero attached hydrogens (tertiary/aromatic N) is 1. The molecule has 3 aromatic rings. The molecule has 3 aromatic carbocycles. The number of urea groups is 1. The average Bonchev–Trinajstić information content (AvgIpc) is 2.88. The first kappa shape index (κ1) is 27.9. The summed E-state index contributed by atoms with van der Waals surface area (Å²) in [6.45, 7) is 4.36. The van der Waals surface area contributed by atoms with E-state index in [9.17, 15) is 14.4 Å². The number of carbonyl (C=O) groups excluding carboxylic acids is 3. The van der Waals surface area contributed by atoms with Gasteiger partial charge >= 0.3 is 6.03 Å². The molecule has 0 saturated carbocycles. The van der Waals surface area contributed by atoms with Gasteiger partial charge < -0.3 is 9.47 Å². The summed E-state index contributed by atoms with van der Waals surface area (Å²) >= 11 is 14.2. The van der Waals surface area contributed by atoms with Crippen molar-refractivity contribution in [1.82, 2.24) is 5.32 Å². The highest BCUT2D eigenvalue weighted by atomic mass is 127. The van der Waals surface area contributed by atoms with Crippen LogP contribution in [0.2, 0.25) is 10.0 Å². The lowest BCUT2D eigenvalue weighted by molar-refractivity contribution is -0.122. The highest BCUT2D eigenvalue weighted by molar-refractivity contribution is 14.1. The van der Waals surface area contributed by atoms with E-state index in [2.05, 4.69) is 27.9 Å². The largest absolute Gasteiger partial charge is 0.490 e. The van der Waals surface area contributed by atoms with Crippen LogP contribution in [-0.2, 0) is 22.6 Å². The van der Waals surface area contributed by atoms with E-state index < -0.39 is 17.8 Å². The minimum Gasteiger partial charge on any atom is -0.490 e. The van der Waals surface area contributed by atoms with Gasteiger partial charge in [-0.2, -0.15) is 0 Å². The van der Waals surface area contributed by atoms with Crippen LogP contribution in [-0.4, -0.2) is 24.5 Å². The summed E-state index contributed by atoms with van der Waals surface area (Å²) in [4.78, 5) is 39.7. The second-order valence-corrected chi connectivity index (χ2v) is 10.2. The van der Waals surface area contributed by atoms with E-state index in [4.69, 9.17) is 32.7 Å². The molecular formula is C28H23Cl2IN2O5. The standard InChI is InChI=1S/C28H23Cl2IN2O5/c1-3-18-7-5-6-8-23(18)33-27(35)19(26(34)32-28(33)36)11-17-13-22(31)25(24(14-17)37-4-2)38-15-16-9-10-20(29)21(30)12-16/h5-14H,3-4,15H2,1-2H3,(H,32,34,36)/b19-11-. The average molecular weight is 665 g/mol. The Balaban J connectivity index is 1.67. The number of hydrogen-bond acceptors (Lipinski definition) is 5. The lowest BCUT2D eigenvalue weighted by Crippen LogP contribution is -2.54. The van der Waals surface area contributed by atoms with Crippen LogP contribution < -0.4 is 19.7 Å². The number of anilines is 1. The molecule has 4 amide bonds. The number of para-hydroxylation sites is 1. The summed E-state index contributed by atoms with van der Waals surface area (Å²) in [7, 11) is 0. The highest BCUT2D eigenvalue weighted by Crippen LogP contribution is 2.36. The van der Waals surface area contributed by atoms with Crippen LogP contribution in [0.3, 0.4) is 0 Å². The molecule has 196 valence electrons. The number of barbiturate groups is 1. The second-order valence-electron chi connectivity index (χ2n) is 8.24. The maximum absolute atomic E-state index is 13.4. The Labute approximate surface area is 243 Å². The number of carbonyl (C=O) groups is 3. The van der Waals surface area contributed by atoms with E-state index in [0.29, 0.717) is 49.4 Å². The molecule has 4 rings (SSSR count). The SMILES string of the molecule is CCOc1cc(/C=C2/C(=O)NC(=O)N(c3ccccc3CC)C2=O)cc(I)c1OCc1ccc(Cl)c(Cl)c1. The van der Waals surface area contributed by atoms with Gasteiger partial charge in [-0.15, -0.1) is 0 Å². The first-order valence-corrected chi connectivity index (χ1v) is 13.6. The summed E-state index contributed by atoms with van der Waals surface area (Å²) in [6, 6.07) is 15.0. The lowest BCUT2D eigenvalue weighted by atomic mass is 10.0. The van der Waals surface area contributed by atoms with Gasteiger partial charge in [-0.05, 0) is 89.0 Å². The number of rotatable bonds is 8. The van der Waals surface area contributed by atoms with Gasteiger partial charge in [0.2, 0.25) is 0 Å². The van der Waals surface area contributed by atoms with Crippen LogP contribution in [0.5, 0.6) is 11.5 Å². The van der Waals surface area contributed by atoms with Crippen molar-refractivity contribution in [3.8, 4) is 11.5 Å². The van der Waals surface area contributed by atoms with E-state index in [1.54, 1.807) is 36.4 Å². The maximum atomic E-state index is 13.4. The van der Waals surface area contributed by atoms with Crippen molar-refractivity contribution >= 4 is 75.4 Å². The zero-order valence-corrected chi connectivity index (χ0v) is 24.2. The number of imide groups is 2. The molecule has 38 heavy (non-hydrogen) atoms. The zero-order chi connectivity index (χ0) is 27.4. The third-order valence-corrected chi connectivity index (χ3v) is 7.27. The number of amides is 4. The number of halogens is 3. The molecular weight excluding hydrogens is 642 g/mol. The normalized spacial score (nSPS) is 14.6. The van der Waals surface area contributed by atoms with E-state index in [1.807, 2.05) is 32.0 Å². The Hall–Kier alpha value is -3.08. The van der Waals surface area contributed by atoms with Crippen molar-refractivity contribution in [1.29, 1.82) is 0 Å². The molecule has 1 fully saturated rings. The van der Waals surface area contributed by atoms with Crippen LogP contribution in [0, 0.1) is 3.57 Å². The van der Waals surface area contributed by atoms with Crippen molar-refractivity contribution in [3.63, 3.8) is 0 Å². The molecule has 0 aromatic heterocycles. The van der Waals surface area contributed by atoms with Crippen LogP contribution >= 0.6 is 45.8 Å². The highest BCUT2D eigenvalue weighted by Gasteiger charge is 2.37. The van der Waals surface area contributed by atoms with Gasteiger partial charge in [0.1, 0.15) is 12.2 Å². The van der Waals surface area contributed by atoms with E-state index in [1.165, 1.54) is 6.08 Å². The van der Waals surface area contributed by atoms with E-state index in [-0.39, 0.29) is 12.2 Å². The molecule has 0 bridgehead atoms. The van der Waals surface area contributed by atoms with Gasteiger partial charge in [-0.3, -0.25) is 14.9 Å². The van der Waals surface area contributed by atoms with Gasteiger partial charge in [0.05, 0.1) is 25.9 Å². The summed E-state index contributed by atoms with van der Waals surface area (Å²) in [5.41, 5.74) is 2.44. The molecule has 1 aliphatic rings. The monoisotopic (exact) mass is 664 g/mol. The fourth-order valence-corrected chi connectivity index (χ4v) is 5.03. The molecule has 0 radical (unpaired) electrons.